The summed E-state index contributed by atoms with van der Waals surface area (Å²) in [6.07, 6.45) is 0.636. The predicted octanol–water partition coefficient (Wildman–Crippen LogP) is 5.43. The van der Waals surface area contributed by atoms with Crippen molar-refractivity contribution in [1.82, 2.24) is 10.4 Å². The number of hydrogen-bond donors (Lipinski definition) is 1. The number of hydrazine groups is 1. The zero-order chi connectivity index (χ0) is 30.9. The van der Waals surface area contributed by atoms with E-state index in [2.05, 4.69) is 5.43 Å². The molecule has 2 aromatic rings. The van der Waals surface area contributed by atoms with Gasteiger partial charge < -0.3 is 14.0 Å². The maximum Gasteiger partial charge on any atom is 0.498 e. The maximum absolute atomic E-state index is 13.9. The lowest BCUT2D eigenvalue weighted by molar-refractivity contribution is 0.00578. The Morgan fingerprint density at radius 1 is 1.05 bits per heavy atom. The summed E-state index contributed by atoms with van der Waals surface area (Å²) in [6, 6.07) is 10.8. The van der Waals surface area contributed by atoms with E-state index in [-0.39, 0.29) is 24.0 Å². The van der Waals surface area contributed by atoms with Gasteiger partial charge in [-0.25, -0.2) is 5.01 Å². The molecule has 0 aromatic heterocycles. The number of benzene rings is 2. The molecular formula is C32H44BN3O5. The maximum atomic E-state index is 13.9. The Morgan fingerprint density at radius 3 is 2.10 bits per heavy atom. The van der Waals surface area contributed by atoms with Crippen LogP contribution in [0.5, 0.6) is 5.75 Å². The quantitative estimate of drug-likeness (QED) is 0.358. The number of rotatable bonds is 7. The number of nitriles is 1. The summed E-state index contributed by atoms with van der Waals surface area (Å²) in [5.74, 6) is -0.377. The van der Waals surface area contributed by atoms with Crippen LogP contribution in [-0.2, 0) is 9.31 Å². The van der Waals surface area contributed by atoms with E-state index in [4.69, 9.17) is 14.0 Å². The number of carbonyl (C=O) groups is 2. The molecule has 1 saturated heterocycles. The van der Waals surface area contributed by atoms with Crippen molar-refractivity contribution in [3.63, 3.8) is 0 Å². The molecule has 1 unspecified atom stereocenters. The summed E-state index contributed by atoms with van der Waals surface area (Å²) in [4.78, 5) is 27.8. The molecular weight excluding hydrogens is 517 g/mol. The van der Waals surface area contributed by atoms with Crippen LogP contribution in [0.1, 0.15) is 99.2 Å². The van der Waals surface area contributed by atoms with Gasteiger partial charge in [0.15, 0.2) is 6.61 Å². The fraction of sp³-hybridized carbons (Fsp3) is 0.531. The van der Waals surface area contributed by atoms with E-state index in [1.165, 1.54) is 5.01 Å². The molecule has 220 valence electrons. The van der Waals surface area contributed by atoms with Crippen molar-refractivity contribution in [2.45, 2.75) is 99.8 Å². The second kappa shape index (κ2) is 11.9. The highest BCUT2D eigenvalue weighted by atomic mass is 16.7. The minimum Gasteiger partial charge on any atom is -0.479 e. The highest BCUT2D eigenvalue weighted by Gasteiger charge is 2.52. The smallest absolute Gasteiger partial charge is 0.479 e. The van der Waals surface area contributed by atoms with E-state index in [0.29, 0.717) is 34.3 Å². The second-order valence-corrected chi connectivity index (χ2v) is 13.0. The molecule has 1 aliphatic rings. The lowest BCUT2D eigenvalue weighted by Gasteiger charge is -2.39. The van der Waals surface area contributed by atoms with Gasteiger partial charge in [-0.15, -0.1) is 0 Å². The highest BCUT2D eigenvalue weighted by Crippen LogP contribution is 2.38. The van der Waals surface area contributed by atoms with Gasteiger partial charge in [0.2, 0.25) is 0 Å². The zero-order valence-corrected chi connectivity index (χ0v) is 26.4. The Bertz CT molecular complexity index is 1320. The first-order valence-corrected chi connectivity index (χ1v) is 14.1. The number of amides is 2. The van der Waals surface area contributed by atoms with Gasteiger partial charge >= 0.3 is 7.12 Å². The lowest BCUT2D eigenvalue weighted by Crippen LogP contribution is -2.56. The SMILES string of the molecule is CCC(N(NC(=O)c1ccc(B2OC(C)(C)C(C)(C)O2)c(OCC#N)c1C)C(=O)c1cc(C)cc(C)c1)C(C)(C)C. The van der Waals surface area contributed by atoms with Crippen molar-refractivity contribution in [2.24, 2.45) is 5.41 Å². The zero-order valence-electron chi connectivity index (χ0n) is 26.4. The Hall–Kier alpha value is -3.35. The van der Waals surface area contributed by atoms with Crippen molar-refractivity contribution >= 4 is 24.4 Å². The summed E-state index contributed by atoms with van der Waals surface area (Å²) in [7, 11) is -0.738. The van der Waals surface area contributed by atoms with Crippen LogP contribution in [0.2, 0.25) is 0 Å². The van der Waals surface area contributed by atoms with Gasteiger partial charge in [-0.05, 0) is 78.5 Å². The monoisotopic (exact) mass is 561 g/mol. The van der Waals surface area contributed by atoms with Gasteiger partial charge in [-0.3, -0.25) is 15.0 Å². The molecule has 41 heavy (non-hydrogen) atoms. The molecule has 2 aromatic carbocycles. The van der Waals surface area contributed by atoms with Gasteiger partial charge in [-0.2, -0.15) is 5.26 Å². The molecule has 0 bridgehead atoms. The highest BCUT2D eigenvalue weighted by molar-refractivity contribution is 6.63. The lowest BCUT2D eigenvalue weighted by atomic mass is 9.76. The predicted molar refractivity (Wildman–Crippen MR) is 161 cm³/mol. The standard InChI is InChI=1S/C32H44BN3O5/c1-12-26(30(5,6)7)36(29(38)23-18-20(2)17-21(3)19-23)35-28(37)24-13-14-25(27(22(24)4)39-16-15-34)33-40-31(8,9)32(10,11)41-33/h13-14,17-19,26H,12,16H2,1-11H3,(H,35,37). The molecule has 3 rings (SSSR count). The summed E-state index contributed by atoms with van der Waals surface area (Å²) < 4.78 is 18.3. The van der Waals surface area contributed by atoms with Gasteiger partial charge in [0.25, 0.3) is 11.8 Å². The van der Waals surface area contributed by atoms with Crippen molar-refractivity contribution in [1.29, 1.82) is 5.26 Å². The number of carbonyl (C=O) groups excluding carboxylic acids is 2. The van der Waals surface area contributed by atoms with E-state index >= 15 is 0 Å². The number of nitrogens with one attached hydrogen (secondary N) is 1. The fourth-order valence-electron chi connectivity index (χ4n) is 5.27. The van der Waals surface area contributed by atoms with Gasteiger partial charge in [-0.1, -0.05) is 51.0 Å². The first-order chi connectivity index (χ1) is 18.9. The normalized spacial score (nSPS) is 16.6. The summed E-state index contributed by atoms with van der Waals surface area (Å²) in [6.45, 7) is 21.4. The number of ether oxygens (including phenoxy) is 1. The largest absolute Gasteiger partial charge is 0.498 e. The average molecular weight is 562 g/mol. The Labute approximate surface area is 245 Å². The van der Waals surface area contributed by atoms with Crippen LogP contribution in [0.3, 0.4) is 0 Å². The number of nitrogens with zero attached hydrogens (tertiary/aromatic N) is 2. The number of hydrogen-bond acceptors (Lipinski definition) is 6. The van der Waals surface area contributed by atoms with E-state index in [9.17, 15) is 14.9 Å². The summed E-state index contributed by atoms with van der Waals surface area (Å²) in [5.41, 5.74) is 5.35. The van der Waals surface area contributed by atoms with Gasteiger partial charge in [0.1, 0.15) is 11.8 Å². The molecule has 9 heteroatoms. The molecule has 1 N–H and O–H groups in total. The molecule has 0 radical (unpaired) electrons. The third kappa shape index (κ3) is 6.77. The average Bonchev–Trinajstić information content (AvgIpc) is 3.07. The third-order valence-electron chi connectivity index (χ3n) is 8.08. The molecule has 1 aliphatic heterocycles. The van der Waals surface area contributed by atoms with Crippen LogP contribution < -0.4 is 15.6 Å². The molecule has 2 amide bonds. The molecule has 8 nitrogen and oxygen atoms in total. The van der Waals surface area contributed by atoms with Crippen LogP contribution in [-0.4, -0.2) is 47.8 Å². The summed E-state index contributed by atoms with van der Waals surface area (Å²) >= 11 is 0. The number of aryl methyl sites for hydroxylation is 2. The Morgan fingerprint density at radius 2 is 1.61 bits per heavy atom. The van der Waals surface area contributed by atoms with E-state index in [1.54, 1.807) is 19.1 Å². The topological polar surface area (TPSA) is 101 Å². The van der Waals surface area contributed by atoms with E-state index in [1.807, 2.05) is 93.5 Å². The van der Waals surface area contributed by atoms with Crippen molar-refractivity contribution in [3.05, 3.63) is 58.1 Å². The first-order valence-electron chi connectivity index (χ1n) is 14.1. The van der Waals surface area contributed by atoms with E-state index in [0.717, 1.165) is 11.1 Å². The second-order valence-electron chi connectivity index (χ2n) is 13.0. The van der Waals surface area contributed by atoms with Crippen molar-refractivity contribution < 1.29 is 23.6 Å². The van der Waals surface area contributed by atoms with Crippen LogP contribution in [0.25, 0.3) is 0 Å². The van der Waals surface area contributed by atoms with Crippen molar-refractivity contribution in [2.75, 3.05) is 6.61 Å². The molecule has 1 atom stereocenters. The third-order valence-corrected chi connectivity index (χ3v) is 8.08. The first kappa shape index (κ1) is 32.2. The van der Waals surface area contributed by atoms with Crippen LogP contribution in [0.15, 0.2) is 30.3 Å². The van der Waals surface area contributed by atoms with Gasteiger partial charge in [0.05, 0.1) is 17.2 Å². The van der Waals surface area contributed by atoms with Crippen LogP contribution >= 0.6 is 0 Å². The molecule has 0 saturated carbocycles. The minimum absolute atomic E-state index is 0.211. The van der Waals surface area contributed by atoms with Crippen molar-refractivity contribution in [3.8, 4) is 11.8 Å². The summed E-state index contributed by atoms with van der Waals surface area (Å²) in [5, 5.41) is 10.7. The van der Waals surface area contributed by atoms with E-state index < -0.39 is 24.2 Å². The molecule has 0 aliphatic carbocycles. The molecule has 0 spiro atoms. The van der Waals surface area contributed by atoms with Crippen LogP contribution in [0.4, 0.5) is 0 Å². The molecule has 1 fully saturated rings. The van der Waals surface area contributed by atoms with Crippen LogP contribution in [0, 0.1) is 37.5 Å². The minimum atomic E-state index is -0.738. The molecule has 1 heterocycles. The Kier molecular flexibility index (Phi) is 9.31. The fourth-order valence-corrected chi connectivity index (χ4v) is 5.27. The Balaban J connectivity index is 2.05. The van der Waals surface area contributed by atoms with Gasteiger partial charge in [0, 0.05) is 22.2 Å².